The first-order chi connectivity index (χ1) is 12.1. The van der Waals surface area contributed by atoms with E-state index in [4.69, 9.17) is 9.47 Å². The zero-order chi connectivity index (χ0) is 17.8. The number of methoxy groups -OCH3 is 1. The van der Waals surface area contributed by atoms with Crippen molar-refractivity contribution in [2.24, 2.45) is 0 Å². The minimum absolute atomic E-state index is 0.0376. The van der Waals surface area contributed by atoms with Crippen LogP contribution in [0.2, 0.25) is 0 Å². The fourth-order valence-electron chi connectivity index (χ4n) is 3.14. The second kappa shape index (κ2) is 7.47. The first kappa shape index (κ1) is 17.1. The first-order valence-corrected chi connectivity index (χ1v) is 8.52. The highest BCUT2D eigenvalue weighted by molar-refractivity contribution is 5.94. The van der Waals surface area contributed by atoms with Crippen LogP contribution in [0, 0.1) is 0 Å². The summed E-state index contributed by atoms with van der Waals surface area (Å²) in [7, 11) is 3.40. The van der Waals surface area contributed by atoms with E-state index in [-0.39, 0.29) is 12.0 Å². The highest BCUT2D eigenvalue weighted by Gasteiger charge is 2.27. The van der Waals surface area contributed by atoms with Crippen molar-refractivity contribution >= 4 is 11.6 Å². The van der Waals surface area contributed by atoms with E-state index in [1.54, 1.807) is 24.1 Å². The number of nitrogens with zero attached hydrogens (tertiary/aromatic N) is 2. The summed E-state index contributed by atoms with van der Waals surface area (Å²) >= 11 is 0. The quantitative estimate of drug-likeness (QED) is 0.839. The summed E-state index contributed by atoms with van der Waals surface area (Å²) in [6.45, 7) is 4.33. The van der Waals surface area contributed by atoms with Gasteiger partial charge in [0, 0.05) is 19.2 Å². The van der Waals surface area contributed by atoms with Crippen molar-refractivity contribution in [1.29, 1.82) is 0 Å². The van der Waals surface area contributed by atoms with Gasteiger partial charge in [0.1, 0.15) is 17.6 Å². The van der Waals surface area contributed by atoms with Crippen LogP contribution < -0.4 is 14.4 Å². The minimum Gasteiger partial charge on any atom is -0.497 e. The van der Waals surface area contributed by atoms with Gasteiger partial charge < -0.3 is 19.3 Å². The third-order valence-corrected chi connectivity index (χ3v) is 4.45. The largest absolute Gasteiger partial charge is 0.497 e. The Morgan fingerprint density at radius 1 is 1.28 bits per heavy atom. The molecule has 3 rings (SSSR count). The number of likely N-dealkylation sites (N-methyl/N-ethyl adjacent to an activating group) is 2. The molecule has 0 N–H and O–H groups in total. The van der Waals surface area contributed by atoms with Gasteiger partial charge in [0.15, 0.2) is 0 Å². The summed E-state index contributed by atoms with van der Waals surface area (Å²) in [5.41, 5.74) is 1.73. The minimum atomic E-state index is -0.0607. The molecule has 132 valence electrons. The molecule has 0 saturated heterocycles. The van der Waals surface area contributed by atoms with E-state index in [1.165, 1.54) is 0 Å². The van der Waals surface area contributed by atoms with Crippen LogP contribution in [-0.2, 0) is 0 Å². The number of amides is 1. The molecule has 1 heterocycles. The summed E-state index contributed by atoms with van der Waals surface area (Å²) < 4.78 is 11.3. The van der Waals surface area contributed by atoms with Gasteiger partial charge in [-0.15, -0.1) is 0 Å². The Morgan fingerprint density at radius 2 is 2.08 bits per heavy atom. The van der Waals surface area contributed by atoms with Gasteiger partial charge in [-0.05, 0) is 37.3 Å². The van der Waals surface area contributed by atoms with Crippen LogP contribution in [0.25, 0.3) is 0 Å². The summed E-state index contributed by atoms with van der Waals surface area (Å²) in [6, 6.07) is 15.3. The Bertz CT molecular complexity index is 747. The second-order valence-electron chi connectivity index (χ2n) is 6.16. The van der Waals surface area contributed by atoms with Crippen LogP contribution in [0.3, 0.4) is 0 Å². The van der Waals surface area contributed by atoms with Crippen molar-refractivity contribution in [3.63, 3.8) is 0 Å². The van der Waals surface area contributed by atoms with Crippen LogP contribution >= 0.6 is 0 Å². The molecule has 1 aliphatic heterocycles. The number of hydrogen-bond acceptors (Lipinski definition) is 4. The molecule has 0 saturated carbocycles. The molecule has 0 bridgehead atoms. The number of para-hydroxylation sites is 2. The summed E-state index contributed by atoms with van der Waals surface area (Å²) in [5.74, 6) is 1.52. The van der Waals surface area contributed by atoms with Crippen molar-refractivity contribution in [3.05, 3.63) is 54.1 Å². The standard InChI is InChI=1S/C20H24N2O3/c1-4-22-14-17(25-19-11-6-5-10-18(19)22)13-21(2)20(23)15-8-7-9-16(12-15)24-3/h5-12,17H,4,13-14H2,1-3H3/t17-/m0/s1. The average molecular weight is 340 g/mol. The topological polar surface area (TPSA) is 42.0 Å². The van der Waals surface area contributed by atoms with Crippen LogP contribution in [-0.4, -0.2) is 50.7 Å². The van der Waals surface area contributed by atoms with Crippen molar-refractivity contribution in [2.75, 3.05) is 38.7 Å². The Morgan fingerprint density at radius 3 is 2.84 bits per heavy atom. The molecular weight excluding hydrogens is 316 g/mol. The number of fused-ring (bicyclic) bond motifs is 1. The molecule has 5 heteroatoms. The zero-order valence-electron chi connectivity index (χ0n) is 14.9. The van der Waals surface area contributed by atoms with E-state index in [9.17, 15) is 4.79 Å². The van der Waals surface area contributed by atoms with Crippen molar-refractivity contribution < 1.29 is 14.3 Å². The van der Waals surface area contributed by atoms with E-state index < -0.39 is 0 Å². The maximum atomic E-state index is 12.7. The molecule has 5 nitrogen and oxygen atoms in total. The number of hydrogen-bond donors (Lipinski definition) is 0. The molecule has 0 unspecified atom stereocenters. The van der Waals surface area contributed by atoms with E-state index in [0.717, 1.165) is 24.5 Å². The SMILES string of the molecule is CCN1C[C@H](CN(C)C(=O)c2cccc(OC)c2)Oc2ccccc21. The molecule has 0 radical (unpaired) electrons. The smallest absolute Gasteiger partial charge is 0.253 e. The van der Waals surface area contributed by atoms with Gasteiger partial charge in [-0.1, -0.05) is 18.2 Å². The van der Waals surface area contributed by atoms with Crippen LogP contribution in [0.5, 0.6) is 11.5 Å². The molecule has 1 atom stereocenters. The Labute approximate surface area is 148 Å². The highest BCUT2D eigenvalue weighted by atomic mass is 16.5. The lowest BCUT2D eigenvalue weighted by molar-refractivity contribution is 0.0709. The molecule has 0 aromatic heterocycles. The Balaban J connectivity index is 1.70. The van der Waals surface area contributed by atoms with Crippen molar-refractivity contribution in [2.45, 2.75) is 13.0 Å². The number of benzene rings is 2. The summed E-state index contributed by atoms with van der Waals surface area (Å²) in [4.78, 5) is 16.7. The average Bonchev–Trinajstić information content (AvgIpc) is 2.66. The van der Waals surface area contributed by atoms with Gasteiger partial charge in [0.05, 0.1) is 25.9 Å². The predicted octanol–water partition coefficient (Wildman–Crippen LogP) is 3.05. The lowest BCUT2D eigenvalue weighted by Crippen LogP contribution is -2.46. The fraction of sp³-hybridized carbons (Fsp3) is 0.350. The van der Waals surface area contributed by atoms with E-state index >= 15 is 0 Å². The Kier molecular flexibility index (Phi) is 5.12. The lowest BCUT2D eigenvalue weighted by atomic mass is 10.1. The molecule has 0 spiro atoms. The molecule has 0 fully saturated rings. The van der Waals surface area contributed by atoms with Crippen LogP contribution in [0.1, 0.15) is 17.3 Å². The predicted molar refractivity (Wildman–Crippen MR) is 98.7 cm³/mol. The number of rotatable bonds is 5. The fourth-order valence-corrected chi connectivity index (χ4v) is 3.14. The van der Waals surface area contributed by atoms with Gasteiger partial charge in [0.25, 0.3) is 5.91 Å². The van der Waals surface area contributed by atoms with Gasteiger partial charge in [0.2, 0.25) is 0 Å². The number of carbonyl (C=O) groups is 1. The molecule has 2 aromatic rings. The zero-order valence-corrected chi connectivity index (χ0v) is 14.9. The molecule has 1 amide bonds. The van der Waals surface area contributed by atoms with Gasteiger partial charge in [-0.3, -0.25) is 4.79 Å². The van der Waals surface area contributed by atoms with Crippen LogP contribution in [0.15, 0.2) is 48.5 Å². The normalized spacial score (nSPS) is 16.0. The van der Waals surface area contributed by atoms with Gasteiger partial charge >= 0.3 is 0 Å². The summed E-state index contributed by atoms with van der Waals surface area (Å²) in [6.07, 6.45) is -0.0607. The maximum Gasteiger partial charge on any atom is 0.253 e. The summed E-state index contributed by atoms with van der Waals surface area (Å²) in [5, 5.41) is 0. The number of ether oxygens (including phenoxy) is 2. The highest BCUT2D eigenvalue weighted by Crippen LogP contribution is 2.32. The van der Waals surface area contributed by atoms with Crippen molar-refractivity contribution in [1.82, 2.24) is 4.90 Å². The molecule has 2 aromatic carbocycles. The van der Waals surface area contributed by atoms with E-state index in [2.05, 4.69) is 17.9 Å². The third kappa shape index (κ3) is 3.71. The number of anilines is 1. The number of carbonyl (C=O) groups excluding carboxylic acids is 1. The van der Waals surface area contributed by atoms with Gasteiger partial charge in [-0.2, -0.15) is 0 Å². The lowest BCUT2D eigenvalue weighted by Gasteiger charge is -2.37. The molecule has 25 heavy (non-hydrogen) atoms. The monoisotopic (exact) mass is 340 g/mol. The maximum absolute atomic E-state index is 12.7. The molecule has 1 aliphatic rings. The van der Waals surface area contributed by atoms with Gasteiger partial charge in [-0.25, -0.2) is 0 Å². The van der Waals surface area contributed by atoms with E-state index in [0.29, 0.717) is 17.9 Å². The Hall–Kier alpha value is -2.69. The molecular formula is C20H24N2O3. The van der Waals surface area contributed by atoms with Crippen molar-refractivity contribution in [3.8, 4) is 11.5 Å². The third-order valence-electron chi connectivity index (χ3n) is 4.45. The first-order valence-electron chi connectivity index (χ1n) is 8.52. The molecule has 0 aliphatic carbocycles. The van der Waals surface area contributed by atoms with Crippen LogP contribution in [0.4, 0.5) is 5.69 Å². The second-order valence-corrected chi connectivity index (χ2v) is 6.16. The van der Waals surface area contributed by atoms with E-state index in [1.807, 2.05) is 37.4 Å².